The normalized spacial score (nSPS) is 19.6. The van der Waals surface area contributed by atoms with Gasteiger partial charge in [-0.05, 0) is 65.1 Å². The number of methoxy groups -OCH3 is 1. The molecule has 38 heavy (non-hydrogen) atoms. The highest BCUT2D eigenvalue weighted by molar-refractivity contribution is 6.30. The smallest absolute Gasteiger partial charge is 0.326 e. The molecule has 1 saturated heterocycles. The average Bonchev–Trinajstić information content (AvgIpc) is 3.34. The van der Waals surface area contributed by atoms with E-state index in [-0.39, 0.29) is 24.0 Å². The Morgan fingerprint density at radius 1 is 0.947 bits per heavy atom. The molecule has 2 amide bonds. The van der Waals surface area contributed by atoms with Crippen LogP contribution in [0.2, 0.25) is 10.0 Å². The van der Waals surface area contributed by atoms with Crippen molar-refractivity contribution >= 4 is 35.1 Å². The van der Waals surface area contributed by atoms with Gasteiger partial charge >= 0.3 is 6.03 Å². The predicted molar refractivity (Wildman–Crippen MR) is 154 cm³/mol. The zero-order chi connectivity index (χ0) is 26.8. The molecule has 2 aliphatic heterocycles. The van der Waals surface area contributed by atoms with Crippen molar-refractivity contribution in [3.05, 3.63) is 99.0 Å². The number of aliphatic imine (C=N–C) groups is 1. The third kappa shape index (κ3) is 5.26. The number of benzene rings is 3. The molecule has 3 aromatic rings. The summed E-state index contributed by atoms with van der Waals surface area (Å²) in [5.74, 6) is 1.64. The fourth-order valence-corrected chi connectivity index (χ4v) is 5.46. The van der Waals surface area contributed by atoms with Crippen LogP contribution in [0.15, 0.2) is 71.7 Å². The number of amides is 2. The van der Waals surface area contributed by atoms with Crippen LogP contribution in [-0.4, -0.2) is 55.0 Å². The van der Waals surface area contributed by atoms with Gasteiger partial charge in [-0.2, -0.15) is 0 Å². The lowest BCUT2D eigenvalue weighted by atomic mass is 9.93. The molecule has 5 rings (SSSR count). The highest BCUT2D eigenvalue weighted by atomic mass is 35.5. The second-order valence-corrected chi connectivity index (χ2v) is 10.8. The number of carbonyl (C=O) groups excluding carboxylic acids is 1. The Morgan fingerprint density at radius 3 is 2.13 bits per heavy atom. The summed E-state index contributed by atoms with van der Waals surface area (Å²) in [6.07, 6.45) is 0. The molecule has 2 atom stereocenters. The lowest BCUT2D eigenvalue weighted by molar-refractivity contribution is 0.157. The van der Waals surface area contributed by atoms with E-state index in [4.69, 9.17) is 32.9 Å². The monoisotopic (exact) mass is 550 g/mol. The summed E-state index contributed by atoms with van der Waals surface area (Å²) in [5, 5.41) is 4.65. The zero-order valence-electron chi connectivity index (χ0n) is 21.8. The van der Waals surface area contributed by atoms with E-state index in [1.54, 1.807) is 7.11 Å². The minimum atomic E-state index is -0.354. The average molecular weight is 552 g/mol. The number of hydrogen-bond donors (Lipinski definition) is 1. The number of carbonyl (C=O) groups is 1. The third-order valence-electron chi connectivity index (χ3n) is 7.21. The molecule has 2 aliphatic rings. The molecule has 1 fully saturated rings. The van der Waals surface area contributed by atoms with Crippen LogP contribution in [0.3, 0.4) is 0 Å². The van der Waals surface area contributed by atoms with E-state index in [2.05, 4.69) is 19.2 Å². The van der Waals surface area contributed by atoms with Crippen LogP contribution in [0.25, 0.3) is 0 Å². The molecule has 3 aromatic carbocycles. The van der Waals surface area contributed by atoms with Crippen molar-refractivity contribution in [3.8, 4) is 5.75 Å². The van der Waals surface area contributed by atoms with Gasteiger partial charge in [0.25, 0.3) is 0 Å². The summed E-state index contributed by atoms with van der Waals surface area (Å²) in [6, 6.07) is 20.7. The zero-order valence-corrected chi connectivity index (χ0v) is 23.3. The highest BCUT2D eigenvalue weighted by Gasteiger charge is 2.44. The number of ether oxygens (including phenoxy) is 1. The Bertz CT molecular complexity index is 1320. The van der Waals surface area contributed by atoms with Crippen LogP contribution >= 0.6 is 23.2 Å². The molecule has 198 valence electrons. The Morgan fingerprint density at radius 2 is 1.55 bits per heavy atom. The van der Waals surface area contributed by atoms with Gasteiger partial charge in [-0.1, -0.05) is 61.3 Å². The molecular formula is C30H32Cl2N4O2. The number of piperazine rings is 1. The van der Waals surface area contributed by atoms with Gasteiger partial charge in [0.15, 0.2) is 0 Å². The second kappa shape index (κ2) is 11.4. The first kappa shape index (κ1) is 26.5. The van der Waals surface area contributed by atoms with Gasteiger partial charge in [0.05, 0.1) is 13.2 Å². The molecule has 6 nitrogen and oxygen atoms in total. The van der Waals surface area contributed by atoms with Crippen LogP contribution in [-0.2, 0) is 0 Å². The molecule has 2 heterocycles. The summed E-state index contributed by atoms with van der Waals surface area (Å²) in [4.78, 5) is 23.4. The third-order valence-corrected chi connectivity index (χ3v) is 7.71. The van der Waals surface area contributed by atoms with Crippen molar-refractivity contribution in [2.24, 2.45) is 4.99 Å². The summed E-state index contributed by atoms with van der Waals surface area (Å²) in [7, 11) is 1.67. The number of hydrogen-bond acceptors (Lipinski definition) is 4. The van der Waals surface area contributed by atoms with Crippen molar-refractivity contribution in [3.63, 3.8) is 0 Å². The molecule has 0 spiro atoms. The molecule has 1 N–H and O–H groups in total. The topological polar surface area (TPSA) is 57.2 Å². The first-order valence-corrected chi connectivity index (χ1v) is 13.7. The van der Waals surface area contributed by atoms with Gasteiger partial charge in [0, 0.05) is 41.8 Å². The number of nitrogens with one attached hydrogen (secondary N) is 1. The van der Waals surface area contributed by atoms with E-state index in [1.807, 2.05) is 76.5 Å². The standard InChI is InChI=1S/C30H32Cl2N4O2/c1-19(2)26-18-24(38-3)12-13-25(26)29-34-27(20-4-8-22(31)9-5-20)28(21-6-10-23(32)11-7-21)36(29)30(37)35-16-14-33-15-17-35/h4-13,18-19,27-28,33H,14-17H2,1-3H3. The second-order valence-electron chi connectivity index (χ2n) is 9.94. The van der Waals surface area contributed by atoms with Crippen molar-refractivity contribution < 1.29 is 9.53 Å². The first-order valence-electron chi connectivity index (χ1n) is 12.9. The maximum absolute atomic E-state index is 14.3. The lowest BCUT2D eigenvalue weighted by Gasteiger charge is -2.36. The predicted octanol–water partition coefficient (Wildman–Crippen LogP) is 6.70. The summed E-state index contributed by atoms with van der Waals surface area (Å²) < 4.78 is 5.53. The Labute approximate surface area is 234 Å². The fourth-order valence-electron chi connectivity index (χ4n) is 5.21. The van der Waals surface area contributed by atoms with E-state index in [0.717, 1.165) is 41.1 Å². The number of urea groups is 1. The first-order chi connectivity index (χ1) is 18.4. The van der Waals surface area contributed by atoms with Gasteiger partial charge in [0.1, 0.15) is 17.6 Å². The van der Waals surface area contributed by atoms with Gasteiger partial charge in [-0.3, -0.25) is 9.89 Å². The molecule has 0 aliphatic carbocycles. The molecule has 2 unspecified atom stereocenters. The highest BCUT2D eigenvalue weighted by Crippen LogP contribution is 2.45. The summed E-state index contributed by atoms with van der Waals surface area (Å²) >= 11 is 12.5. The molecule has 0 saturated carbocycles. The van der Waals surface area contributed by atoms with Gasteiger partial charge in [-0.15, -0.1) is 0 Å². The number of halogens is 2. The molecule has 0 aromatic heterocycles. The Hall–Kier alpha value is -3.06. The van der Waals surface area contributed by atoms with Gasteiger partial charge in [0.2, 0.25) is 0 Å². The molecule has 8 heteroatoms. The molecule has 0 radical (unpaired) electrons. The number of amidine groups is 1. The van der Waals surface area contributed by atoms with E-state index in [1.165, 1.54) is 0 Å². The summed E-state index contributed by atoms with van der Waals surface area (Å²) in [6.45, 7) is 7.09. The maximum Gasteiger partial charge on any atom is 0.326 e. The Balaban J connectivity index is 1.71. The lowest BCUT2D eigenvalue weighted by Crippen LogP contribution is -2.53. The van der Waals surface area contributed by atoms with Crippen molar-refractivity contribution in [2.75, 3.05) is 33.3 Å². The maximum atomic E-state index is 14.3. The molecular weight excluding hydrogens is 519 g/mol. The minimum absolute atomic E-state index is 0.0489. The van der Waals surface area contributed by atoms with E-state index in [9.17, 15) is 4.79 Å². The van der Waals surface area contributed by atoms with Crippen LogP contribution < -0.4 is 10.1 Å². The quantitative estimate of drug-likeness (QED) is 0.384. The van der Waals surface area contributed by atoms with Crippen LogP contribution in [0.1, 0.15) is 54.1 Å². The van der Waals surface area contributed by atoms with Crippen molar-refractivity contribution in [2.45, 2.75) is 31.8 Å². The van der Waals surface area contributed by atoms with Crippen molar-refractivity contribution in [1.29, 1.82) is 0 Å². The largest absolute Gasteiger partial charge is 0.497 e. The van der Waals surface area contributed by atoms with Crippen LogP contribution in [0.5, 0.6) is 5.75 Å². The van der Waals surface area contributed by atoms with E-state index >= 15 is 0 Å². The number of rotatable bonds is 5. The fraction of sp³-hybridized carbons (Fsp3) is 0.333. The van der Waals surface area contributed by atoms with E-state index < -0.39 is 0 Å². The molecule has 0 bridgehead atoms. The Kier molecular flexibility index (Phi) is 7.93. The van der Waals surface area contributed by atoms with Crippen LogP contribution in [0, 0.1) is 0 Å². The van der Waals surface area contributed by atoms with Crippen LogP contribution in [0.4, 0.5) is 4.79 Å². The number of nitrogens with zero attached hydrogens (tertiary/aromatic N) is 3. The van der Waals surface area contributed by atoms with Gasteiger partial charge in [-0.25, -0.2) is 4.79 Å². The minimum Gasteiger partial charge on any atom is -0.497 e. The van der Waals surface area contributed by atoms with E-state index in [0.29, 0.717) is 29.0 Å². The van der Waals surface area contributed by atoms with Crippen molar-refractivity contribution in [1.82, 2.24) is 15.1 Å². The van der Waals surface area contributed by atoms with Gasteiger partial charge < -0.3 is 15.0 Å². The SMILES string of the molecule is COc1ccc(C2=NC(c3ccc(Cl)cc3)C(c3ccc(Cl)cc3)N2C(=O)N2CCNCC2)c(C(C)C)c1. The summed E-state index contributed by atoms with van der Waals surface area (Å²) in [5.41, 5.74) is 3.96.